The minimum atomic E-state index is -0.902. The molecule has 1 aliphatic rings. The first-order chi connectivity index (χ1) is 8.00. The lowest BCUT2D eigenvalue weighted by atomic mass is 10.2. The van der Waals surface area contributed by atoms with Crippen molar-refractivity contribution in [3.05, 3.63) is 21.4 Å². The highest BCUT2D eigenvalue weighted by Gasteiger charge is 2.34. The zero-order chi connectivity index (χ0) is 12.6. The number of likely N-dealkylation sites (tertiary alicyclic amines) is 1. The second-order valence-electron chi connectivity index (χ2n) is 4.34. The molecule has 1 fully saturated rings. The van der Waals surface area contributed by atoms with Gasteiger partial charge < -0.3 is 10.0 Å². The van der Waals surface area contributed by atoms with Gasteiger partial charge in [0.15, 0.2) is 0 Å². The van der Waals surface area contributed by atoms with Crippen LogP contribution in [0, 0.1) is 13.8 Å². The molecule has 0 saturated carbocycles. The SMILES string of the molecule is Cc1cc(C(=O)N2CCC[C@H]2C(=O)O)sc1C. The lowest BCUT2D eigenvalue weighted by Crippen LogP contribution is -2.40. The van der Waals surface area contributed by atoms with Gasteiger partial charge in [0.2, 0.25) is 0 Å². The first-order valence-electron chi connectivity index (χ1n) is 5.61. The van der Waals surface area contributed by atoms with Crippen molar-refractivity contribution < 1.29 is 14.7 Å². The van der Waals surface area contributed by atoms with E-state index in [1.807, 2.05) is 19.9 Å². The van der Waals surface area contributed by atoms with Gasteiger partial charge in [-0.15, -0.1) is 11.3 Å². The Labute approximate surface area is 104 Å². The molecule has 2 rings (SSSR count). The Bertz CT molecular complexity index is 447. The Hall–Kier alpha value is -1.36. The molecule has 1 aromatic rings. The van der Waals surface area contributed by atoms with E-state index >= 15 is 0 Å². The standard InChI is InChI=1S/C12H15NO3S/c1-7-6-10(17-8(7)2)11(14)13-5-3-4-9(13)12(15)16/h6,9H,3-5H2,1-2H3,(H,15,16)/t9-/m0/s1. The fourth-order valence-corrected chi connectivity index (χ4v) is 3.08. The summed E-state index contributed by atoms with van der Waals surface area (Å²) in [6, 6.07) is 1.20. The molecular weight excluding hydrogens is 238 g/mol. The molecule has 1 saturated heterocycles. The topological polar surface area (TPSA) is 57.6 Å². The summed E-state index contributed by atoms with van der Waals surface area (Å²) in [6.07, 6.45) is 1.33. The van der Waals surface area contributed by atoms with Crippen molar-refractivity contribution >= 4 is 23.2 Å². The van der Waals surface area contributed by atoms with Crippen LogP contribution in [0.15, 0.2) is 6.07 Å². The highest BCUT2D eigenvalue weighted by molar-refractivity contribution is 7.14. The Morgan fingerprint density at radius 2 is 2.18 bits per heavy atom. The Kier molecular flexibility index (Phi) is 3.19. The zero-order valence-electron chi connectivity index (χ0n) is 9.90. The Morgan fingerprint density at radius 3 is 2.71 bits per heavy atom. The molecule has 5 heteroatoms. The zero-order valence-corrected chi connectivity index (χ0v) is 10.7. The van der Waals surface area contributed by atoms with Crippen LogP contribution in [0.2, 0.25) is 0 Å². The van der Waals surface area contributed by atoms with E-state index < -0.39 is 12.0 Å². The van der Waals surface area contributed by atoms with Crippen molar-refractivity contribution in [1.29, 1.82) is 0 Å². The van der Waals surface area contributed by atoms with Gasteiger partial charge in [0.25, 0.3) is 5.91 Å². The highest BCUT2D eigenvalue weighted by Crippen LogP contribution is 2.26. The number of carboxylic acids is 1. The Morgan fingerprint density at radius 1 is 1.47 bits per heavy atom. The number of aliphatic carboxylic acids is 1. The number of rotatable bonds is 2. The summed E-state index contributed by atoms with van der Waals surface area (Å²) in [4.78, 5) is 26.5. The van der Waals surface area contributed by atoms with Gasteiger partial charge in [0, 0.05) is 11.4 Å². The van der Waals surface area contributed by atoms with E-state index in [2.05, 4.69) is 0 Å². The van der Waals surface area contributed by atoms with Crippen LogP contribution >= 0.6 is 11.3 Å². The number of carboxylic acid groups (broad SMARTS) is 1. The van der Waals surface area contributed by atoms with Crippen LogP contribution in [0.3, 0.4) is 0 Å². The molecule has 0 aliphatic carbocycles. The molecule has 1 atom stereocenters. The van der Waals surface area contributed by atoms with Gasteiger partial charge in [-0.3, -0.25) is 4.79 Å². The summed E-state index contributed by atoms with van der Waals surface area (Å²) in [6.45, 7) is 4.47. The van der Waals surface area contributed by atoms with Crippen LogP contribution in [0.25, 0.3) is 0 Å². The van der Waals surface area contributed by atoms with Crippen LogP contribution in [0.1, 0.15) is 33.0 Å². The van der Waals surface area contributed by atoms with E-state index in [9.17, 15) is 9.59 Å². The normalized spacial score (nSPS) is 19.6. The minimum absolute atomic E-state index is 0.142. The number of amides is 1. The molecule has 1 amide bonds. The Balaban J connectivity index is 2.22. The first kappa shape index (κ1) is 12.1. The number of aryl methyl sites for hydroxylation is 2. The lowest BCUT2D eigenvalue weighted by molar-refractivity contribution is -0.141. The summed E-state index contributed by atoms with van der Waals surface area (Å²) in [5.74, 6) is -1.04. The molecule has 17 heavy (non-hydrogen) atoms. The van der Waals surface area contributed by atoms with Crippen LogP contribution in [0.4, 0.5) is 0 Å². The first-order valence-corrected chi connectivity index (χ1v) is 6.43. The third-order valence-electron chi connectivity index (χ3n) is 3.18. The van der Waals surface area contributed by atoms with Gasteiger partial charge in [0.05, 0.1) is 4.88 Å². The van der Waals surface area contributed by atoms with E-state index in [4.69, 9.17) is 5.11 Å². The predicted octanol–water partition coefficient (Wildman–Crippen LogP) is 2.05. The van der Waals surface area contributed by atoms with Crippen LogP contribution in [-0.4, -0.2) is 34.5 Å². The summed E-state index contributed by atoms with van der Waals surface area (Å²) in [7, 11) is 0. The average Bonchev–Trinajstić information content (AvgIpc) is 2.85. The molecule has 0 bridgehead atoms. The molecule has 1 N–H and O–H groups in total. The van der Waals surface area contributed by atoms with Crippen molar-refractivity contribution in [3.63, 3.8) is 0 Å². The smallest absolute Gasteiger partial charge is 0.326 e. The molecule has 1 aromatic heterocycles. The molecule has 1 aliphatic heterocycles. The van der Waals surface area contributed by atoms with Crippen LogP contribution in [-0.2, 0) is 4.79 Å². The van der Waals surface area contributed by atoms with Crippen molar-refractivity contribution in [3.8, 4) is 0 Å². The molecule has 0 radical (unpaired) electrons. The fraction of sp³-hybridized carbons (Fsp3) is 0.500. The quantitative estimate of drug-likeness (QED) is 0.877. The van der Waals surface area contributed by atoms with E-state index in [0.717, 1.165) is 16.9 Å². The van der Waals surface area contributed by atoms with E-state index in [1.54, 1.807) is 0 Å². The largest absolute Gasteiger partial charge is 0.480 e. The van der Waals surface area contributed by atoms with Gasteiger partial charge in [-0.2, -0.15) is 0 Å². The van der Waals surface area contributed by atoms with Crippen molar-refractivity contribution in [1.82, 2.24) is 4.90 Å². The lowest BCUT2D eigenvalue weighted by Gasteiger charge is -2.20. The van der Waals surface area contributed by atoms with Crippen molar-refractivity contribution in [2.45, 2.75) is 32.7 Å². The number of nitrogens with zero attached hydrogens (tertiary/aromatic N) is 1. The predicted molar refractivity (Wildman–Crippen MR) is 65.5 cm³/mol. The van der Waals surface area contributed by atoms with Gasteiger partial charge in [-0.05, 0) is 38.3 Å². The molecule has 2 heterocycles. The van der Waals surface area contributed by atoms with Crippen LogP contribution < -0.4 is 0 Å². The number of hydrogen-bond donors (Lipinski definition) is 1. The number of thiophene rings is 1. The second-order valence-corrected chi connectivity index (χ2v) is 5.60. The molecule has 92 valence electrons. The van der Waals surface area contributed by atoms with Gasteiger partial charge in [-0.25, -0.2) is 4.79 Å². The number of carbonyl (C=O) groups excluding carboxylic acids is 1. The molecular formula is C12H15NO3S. The van der Waals surface area contributed by atoms with Gasteiger partial charge >= 0.3 is 5.97 Å². The highest BCUT2D eigenvalue weighted by atomic mass is 32.1. The van der Waals surface area contributed by atoms with E-state index in [1.165, 1.54) is 16.2 Å². The monoisotopic (exact) mass is 253 g/mol. The fourth-order valence-electron chi connectivity index (χ4n) is 2.09. The van der Waals surface area contributed by atoms with Crippen LogP contribution in [0.5, 0.6) is 0 Å². The summed E-state index contributed by atoms with van der Waals surface area (Å²) >= 11 is 1.44. The maximum absolute atomic E-state index is 12.2. The van der Waals surface area contributed by atoms with Crippen molar-refractivity contribution in [2.75, 3.05) is 6.54 Å². The number of carbonyl (C=O) groups is 2. The van der Waals surface area contributed by atoms with E-state index in [-0.39, 0.29) is 5.91 Å². The molecule has 0 unspecified atom stereocenters. The maximum atomic E-state index is 12.2. The third kappa shape index (κ3) is 2.20. The maximum Gasteiger partial charge on any atom is 0.326 e. The third-order valence-corrected chi connectivity index (χ3v) is 4.32. The summed E-state index contributed by atoms with van der Waals surface area (Å²) in [5, 5.41) is 9.05. The molecule has 0 spiro atoms. The minimum Gasteiger partial charge on any atom is -0.480 e. The summed E-state index contributed by atoms with van der Waals surface area (Å²) in [5.41, 5.74) is 1.09. The number of hydrogen-bond acceptors (Lipinski definition) is 3. The van der Waals surface area contributed by atoms with Gasteiger partial charge in [-0.1, -0.05) is 0 Å². The van der Waals surface area contributed by atoms with E-state index in [0.29, 0.717) is 17.8 Å². The molecule has 0 aromatic carbocycles. The second kappa shape index (κ2) is 4.49. The van der Waals surface area contributed by atoms with Gasteiger partial charge in [0.1, 0.15) is 6.04 Å². The summed E-state index contributed by atoms with van der Waals surface area (Å²) < 4.78 is 0. The average molecular weight is 253 g/mol. The van der Waals surface area contributed by atoms with Crippen molar-refractivity contribution in [2.24, 2.45) is 0 Å². The molecule has 4 nitrogen and oxygen atoms in total.